The van der Waals surface area contributed by atoms with Gasteiger partial charge in [-0.2, -0.15) is 4.98 Å². The molecule has 0 spiro atoms. The van der Waals surface area contributed by atoms with Crippen molar-refractivity contribution in [2.24, 2.45) is 0 Å². The molecule has 0 aromatic carbocycles. The smallest absolute Gasteiger partial charge is 0.410 e. The quantitative estimate of drug-likeness (QED) is 0.880. The Morgan fingerprint density at radius 3 is 2.71 bits per heavy atom. The van der Waals surface area contributed by atoms with Gasteiger partial charge in [0.25, 0.3) is 11.1 Å². The third kappa shape index (κ3) is 3.45. The zero-order chi connectivity index (χ0) is 17.5. The van der Waals surface area contributed by atoms with Gasteiger partial charge in [0.15, 0.2) is 5.65 Å². The fourth-order valence-electron chi connectivity index (χ4n) is 2.23. The van der Waals surface area contributed by atoms with Gasteiger partial charge >= 0.3 is 6.09 Å². The second-order valence-corrected chi connectivity index (χ2v) is 7.57. The molecule has 1 fully saturated rings. The van der Waals surface area contributed by atoms with Crippen molar-refractivity contribution in [3.8, 4) is 5.19 Å². The summed E-state index contributed by atoms with van der Waals surface area (Å²) in [5.74, 6) is -0.185. The predicted octanol–water partition coefficient (Wildman–Crippen LogP) is 1.98. The summed E-state index contributed by atoms with van der Waals surface area (Å²) in [4.78, 5) is 32.3. The zero-order valence-electron chi connectivity index (χ0n) is 14.0. The Morgan fingerprint density at radius 2 is 2.12 bits per heavy atom. The number of thiazole rings is 1. The van der Waals surface area contributed by atoms with Crippen LogP contribution in [0, 0.1) is 0 Å². The van der Waals surface area contributed by atoms with Gasteiger partial charge < -0.3 is 24.7 Å². The molecule has 0 bridgehead atoms. The molecule has 0 aliphatic carbocycles. The van der Waals surface area contributed by atoms with Gasteiger partial charge in [-0.1, -0.05) is 11.3 Å². The first kappa shape index (κ1) is 16.6. The van der Waals surface area contributed by atoms with Gasteiger partial charge in [0.2, 0.25) is 0 Å². The van der Waals surface area contributed by atoms with E-state index in [1.807, 2.05) is 20.8 Å². The number of aromatic amines is 1. The summed E-state index contributed by atoms with van der Waals surface area (Å²) in [5.41, 5.74) is 0.592. The number of carbonyl (C=O) groups is 2. The molecule has 3 rings (SSSR count). The normalized spacial score (nSPS) is 15.2. The molecule has 9 heteroatoms. The Bertz CT molecular complexity index is 739. The Labute approximate surface area is 143 Å². The highest BCUT2D eigenvalue weighted by Gasteiger charge is 2.35. The van der Waals surface area contributed by atoms with Crippen molar-refractivity contribution in [1.29, 1.82) is 0 Å². The van der Waals surface area contributed by atoms with Crippen molar-refractivity contribution in [2.45, 2.75) is 32.5 Å². The molecule has 1 aliphatic rings. The Balaban J connectivity index is 1.55. The van der Waals surface area contributed by atoms with Crippen LogP contribution in [0.2, 0.25) is 0 Å². The van der Waals surface area contributed by atoms with Gasteiger partial charge in [0.05, 0.1) is 17.8 Å². The Kier molecular flexibility index (Phi) is 4.12. The number of nitrogens with zero attached hydrogens (tertiary/aromatic N) is 2. The van der Waals surface area contributed by atoms with Crippen molar-refractivity contribution in [2.75, 3.05) is 20.1 Å². The molecule has 2 N–H and O–H groups in total. The van der Waals surface area contributed by atoms with E-state index < -0.39 is 5.60 Å². The summed E-state index contributed by atoms with van der Waals surface area (Å²) in [7, 11) is 1.58. The number of hydrogen-bond donors (Lipinski definition) is 2. The Morgan fingerprint density at radius 1 is 1.42 bits per heavy atom. The van der Waals surface area contributed by atoms with Crippen LogP contribution in [0.5, 0.6) is 5.19 Å². The maximum absolute atomic E-state index is 11.9. The summed E-state index contributed by atoms with van der Waals surface area (Å²) in [6.45, 7) is 6.47. The maximum Gasteiger partial charge on any atom is 0.410 e. The minimum Gasteiger partial charge on any atom is -0.463 e. The number of hydrogen-bond acceptors (Lipinski definition) is 6. The lowest BCUT2D eigenvalue weighted by molar-refractivity contribution is -0.0221. The standard InChI is InChI=1S/C15H20N4O4S/c1-15(2,3)23-14(21)19-6-8(7-19)22-13-18-11-10(24-13)5-9(17-11)12(20)16-4/h5,8,17H,6-7H2,1-4H3,(H,16,20). The monoisotopic (exact) mass is 352 g/mol. The first-order valence-electron chi connectivity index (χ1n) is 7.61. The summed E-state index contributed by atoms with van der Waals surface area (Å²) >= 11 is 1.36. The van der Waals surface area contributed by atoms with Crippen molar-refractivity contribution < 1.29 is 19.1 Å². The lowest BCUT2D eigenvalue weighted by Crippen LogP contribution is -2.57. The van der Waals surface area contributed by atoms with E-state index in [1.165, 1.54) is 11.3 Å². The second kappa shape index (κ2) is 5.97. The van der Waals surface area contributed by atoms with Crippen molar-refractivity contribution >= 4 is 33.7 Å². The van der Waals surface area contributed by atoms with E-state index in [1.54, 1.807) is 18.0 Å². The third-order valence-corrected chi connectivity index (χ3v) is 4.29. The number of likely N-dealkylation sites (tertiary alicyclic amines) is 1. The van der Waals surface area contributed by atoms with E-state index in [0.29, 0.717) is 29.6 Å². The lowest BCUT2D eigenvalue weighted by Gasteiger charge is -2.38. The molecule has 0 atom stereocenters. The van der Waals surface area contributed by atoms with Crippen LogP contribution in [0.3, 0.4) is 0 Å². The topological polar surface area (TPSA) is 96.6 Å². The van der Waals surface area contributed by atoms with Crippen molar-refractivity contribution in [3.63, 3.8) is 0 Å². The van der Waals surface area contributed by atoms with E-state index in [2.05, 4.69) is 15.3 Å². The maximum atomic E-state index is 11.9. The minimum atomic E-state index is -0.500. The summed E-state index contributed by atoms with van der Waals surface area (Å²) < 4.78 is 11.9. The number of amides is 2. The van der Waals surface area contributed by atoms with Gasteiger partial charge in [-0.3, -0.25) is 4.79 Å². The van der Waals surface area contributed by atoms with Crippen LogP contribution in [0.4, 0.5) is 4.79 Å². The number of carbonyl (C=O) groups excluding carboxylic acids is 2. The molecule has 1 saturated heterocycles. The SMILES string of the molecule is CNC(=O)c1cc2sc(OC3CN(C(=O)OC(C)(C)C)C3)nc2[nH]1. The van der Waals surface area contributed by atoms with E-state index in [-0.39, 0.29) is 18.1 Å². The van der Waals surface area contributed by atoms with Crippen LogP contribution in [-0.2, 0) is 4.74 Å². The molecule has 1 aliphatic heterocycles. The number of aromatic nitrogens is 2. The van der Waals surface area contributed by atoms with Gasteiger partial charge in [-0.05, 0) is 26.8 Å². The number of fused-ring (bicyclic) bond motifs is 1. The molecule has 2 aromatic rings. The zero-order valence-corrected chi connectivity index (χ0v) is 14.8. The molecule has 130 valence electrons. The summed E-state index contributed by atoms with van der Waals surface area (Å²) in [5, 5.41) is 3.08. The van der Waals surface area contributed by atoms with Crippen LogP contribution in [-0.4, -0.2) is 58.7 Å². The number of rotatable bonds is 3. The highest BCUT2D eigenvalue weighted by atomic mass is 32.1. The first-order chi connectivity index (χ1) is 11.2. The van der Waals surface area contributed by atoms with Gasteiger partial charge in [0.1, 0.15) is 17.4 Å². The highest BCUT2D eigenvalue weighted by Crippen LogP contribution is 2.30. The average Bonchev–Trinajstić information content (AvgIpc) is 2.97. The molecular weight excluding hydrogens is 332 g/mol. The molecule has 0 radical (unpaired) electrons. The number of H-pyrrole nitrogens is 1. The van der Waals surface area contributed by atoms with Gasteiger partial charge in [-0.15, -0.1) is 0 Å². The Hall–Kier alpha value is -2.29. The molecule has 0 unspecified atom stereocenters. The number of ether oxygens (including phenoxy) is 2. The van der Waals surface area contributed by atoms with Crippen LogP contribution in [0.15, 0.2) is 6.07 Å². The molecule has 2 amide bonds. The van der Waals surface area contributed by atoms with E-state index in [9.17, 15) is 9.59 Å². The lowest BCUT2D eigenvalue weighted by atomic mass is 10.2. The molecule has 8 nitrogen and oxygen atoms in total. The molecule has 3 heterocycles. The van der Waals surface area contributed by atoms with Crippen molar-refractivity contribution in [3.05, 3.63) is 11.8 Å². The molecular formula is C15H20N4O4S. The summed E-state index contributed by atoms with van der Waals surface area (Å²) in [6, 6.07) is 1.74. The van der Waals surface area contributed by atoms with E-state index in [4.69, 9.17) is 9.47 Å². The number of nitrogens with one attached hydrogen (secondary N) is 2. The fourth-order valence-corrected chi connectivity index (χ4v) is 3.11. The van der Waals surface area contributed by atoms with Crippen LogP contribution in [0.1, 0.15) is 31.3 Å². The van der Waals surface area contributed by atoms with E-state index in [0.717, 1.165) is 4.70 Å². The van der Waals surface area contributed by atoms with Crippen LogP contribution >= 0.6 is 11.3 Å². The minimum absolute atomic E-state index is 0.0915. The summed E-state index contributed by atoms with van der Waals surface area (Å²) in [6.07, 6.45) is -0.421. The average molecular weight is 352 g/mol. The fraction of sp³-hybridized carbons (Fsp3) is 0.533. The van der Waals surface area contributed by atoms with Gasteiger partial charge in [-0.25, -0.2) is 4.79 Å². The third-order valence-electron chi connectivity index (χ3n) is 3.40. The van der Waals surface area contributed by atoms with Gasteiger partial charge in [0, 0.05) is 7.05 Å². The van der Waals surface area contributed by atoms with Crippen molar-refractivity contribution in [1.82, 2.24) is 20.2 Å². The molecule has 2 aromatic heterocycles. The van der Waals surface area contributed by atoms with Crippen LogP contribution < -0.4 is 10.1 Å². The highest BCUT2D eigenvalue weighted by molar-refractivity contribution is 7.20. The molecule has 24 heavy (non-hydrogen) atoms. The largest absolute Gasteiger partial charge is 0.463 e. The van der Waals surface area contributed by atoms with Crippen LogP contribution in [0.25, 0.3) is 10.3 Å². The van der Waals surface area contributed by atoms with E-state index >= 15 is 0 Å². The predicted molar refractivity (Wildman–Crippen MR) is 89.6 cm³/mol. The molecule has 0 saturated carbocycles. The second-order valence-electron chi connectivity index (χ2n) is 6.58. The first-order valence-corrected chi connectivity index (χ1v) is 8.43.